The molecule has 6 aromatic rings. The fourth-order valence-electron chi connectivity index (χ4n) is 12.6. The molecule has 0 saturated heterocycles. The number of aliphatic hydroxyl groups is 4. The van der Waals surface area contributed by atoms with Gasteiger partial charge in [0, 0.05) is 92.1 Å². The maximum absolute atomic E-state index is 11.6. The summed E-state index contributed by atoms with van der Waals surface area (Å²) in [5.41, 5.74) is 23.5. The van der Waals surface area contributed by atoms with E-state index in [2.05, 4.69) is 19.9 Å². The maximum Gasteiger partial charge on any atom is 0.303 e. The van der Waals surface area contributed by atoms with Gasteiger partial charge in [0.1, 0.15) is 0 Å². The highest BCUT2D eigenvalue weighted by molar-refractivity contribution is 5.98. The number of hydrogen-bond donors (Lipinski definition) is 12. The second-order valence-electron chi connectivity index (χ2n) is 23.3. The smallest absolute Gasteiger partial charge is 0.303 e. The summed E-state index contributed by atoms with van der Waals surface area (Å²) < 4.78 is 0. The lowest BCUT2D eigenvalue weighted by Gasteiger charge is -2.07. The lowest BCUT2D eigenvalue weighted by molar-refractivity contribution is -0.138. The number of aromatic amines is 4. The average Bonchev–Trinajstić information content (AvgIpc) is 1.65. The van der Waals surface area contributed by atoms with Crippen LogP contribution >= 0.6 is 24.8 Å². The molecule has 0 aromatic carbocycles. The van der Waals surface area contributed by atoms with Crippen molar-refractivity contribution in [3.8, 4) is 0 Å². The molecule has 10 rings (SSSR count). The van der Waals surface area contributed by atoms with E-state index < -0.39 is 48.3 Å². The van der Waals surface area contributed by atoms with Gasteiger partial charge >= 0.3 is 23.9 Å². The van der Waals surface area contributed by atoms with E-state index in [1.807, 2.05) is 104 Å². The van der Waals surface area contributed by atoms with Crippen molar-refractivity contribution in [2.24, 2.45) is 0 Å². The molecular weight excluding hydrogens is 1190 g/mol. The molecule has 0 amide bonds. The Hall–Kier alpha value is -8.50. The molecule has 0 spiro atoms. The van der Waals surface area contributed by atoms with Crippen molar-refractivity contribution in [1.82, 2.24) is 39.9 Å². The molecule has 0 saturated carbocycles. The molecule has 0 radical (unpaired) electrons. The summed E-state index contributed by atoms with van der Waals surface area (Å²) in [5, 5.41) is 81.0. The Balaban J connectivity index is 0.000000250. The van der Waals surface area contributed by atoms with E-state index in [0.717, 1.165) is 88.9 Å². The van der Waals surface area contributed by atoms with E-state index in [4.69, 9.17) is 19.9 Å². The summed E-state index contributed by atoms with van der Waals surface area (Å²) in [7, 11) is 0. The highest BCUT2D eigenvalue weighted by atomic mass is 35.5. The Bertz CT molecular complexity index is 4140. The number of H-pyrrole nitrogens is 4. The number of aryl methyl sites for hydroxylation is 6. The van der Waals surface area contributed by atoms with E-state index in [0.29, 0.717) is 89.9 Å². The zero-order valence-corrected chi connectivity index (χ0v) is 54.0. The highest BCUT2D eigenvalue weighted by Crippen LogP contribution is 2.41. The summed E-state index contributed by atoms with van der Waals surface area (Å²) in [6, 6.07) is 15.0. The molecule has 4 aliphatic heterocycles. The quantitative estimate of drug-likeness (QED) is 0.0428. The minimum Gasteiger partial charge on any atom is -0.481 e. The molecule has 6 aromatic heterocycles. The predicted molar refractivity (Wildman–Crippen MR) is 356 cm³/mol. The standard InChI is InChI=1S/2C34H38N4O6.2ClH/c2*1-15-21(7-9-31(41)42)27-14-28-22(8-10-32(43)44)16(2)24(36-28)12-29-34(20(6)40)18(4)26(38-29)13-30-33(19(5)39)17(3)25(37-30)11-23(15)35-27;;/h2*11-14,19-20,35,38-40H,7-10H2,1-6H3,(H,41,42)(H,43,44);2*1H. The number of fused-ring (bicyclic) bond motifs is 16. The van der Waals surface area contributed by atoms with Gasteiger partial charge in [-0.1, -0.05) is 0 Å². The Labute approximate surface area is 532 Å². The molecule has 20 nitrogen and oxygen atoms in total. The molecule has 12 N–H and O–H groups in total. The first kappa shape index (κ1) is 69.0. The van der Waals surface area contributed by atoms with Crippen molar-refractivity contribution in [1.29, 1.82) is 0 Å². The maximum atomic E-state index is 11.6. The van der Waals surface area contributed by atoms with Crippen LogP contribution in [0.15, 0.2) is 48.5 Å². The van der Waals surface area contributed by atoms with Gasteiger partial charge in [0.2, 0.25) is 0 Å². The largest absolute Gasteiger partial charge is 0.481 e. The lowest BCUT2D eigenvalue weighted by atomic mass is 9.99. The molecular formula is C68H78Cl2N8O12. The number of aliphatic hydroxyl groups excluding tert-OH is 4. The molecule has 4 aliphatic rings. The summed E-state index contributed by atoms with van der Waals surface area (Å²) in [4.78, 5) is 79.7. The molecule has 90 heavy (non-hydrogen) atoms. The zero-order chi connectivity index (χ0) is 64.1. The first-order chi connectivity index (χ1) is 41.5. The Morgan fingerprint density at radius 3 is 0.911 bits per heavy atom. The third kappa shape index (κ3) is 13.9. The number of carbonyl (C=O) groups is 4. The SMILES string of the molecule is CC1=C(CCC(=O)O)c2cc3[nH]c(cc4nc(cc5[nH]c(cc1n2)c(C(C)O)c5C)C(C(C)O)=C4C)c(C)c3CCC(=O)O.CC1=C(CCC(=O)O)c2cc3[nH]c(cc4nc(cc5[nH]c(cc1n2)c(C(C)O)c5C)C(C(C)O)=C4C)c(C)c3CCC(=O)O.Cl.Cl. The second-order valence-corrected chi connectivity index (χ2v) is 23.3. The number of hydrogen-bond acceptors (Lipinski definition) is 12. The Morgan fingerprint density at radius 1 is 0.344 bits per heavy atom. The Morgan fingerprint density at radius 2 is 0.600 bits per heavy atom. The number of carboxylic acid groups (broad SMARTS) is 4. The van der Waals surface area contributed by atoms with Gasteiger partial charge in [-0.05, 0) is 224 Å². The van der Waals surface area contributed by atoms with Crippen LogP contribution in [0.2, 0.25) is 0 Å². The average molecular weight is 1270 g/mol. The number of allylic oxidation sites excluding steroid dienone is 6. The first-order valence-electron chi connectivity index (χ1n) is 29.4. The zero-order valence-electron chi connectivity index (χ0n) is 52.4. The molecule has 22 heteroatoms. The fourth-order valence-corrected chi connectivity index (χ4v) is 12.6. The van der Waals surface area contributed by atoms with E-state index in [1.54, 1.807) is 27.7 Å². The van der Waals surface area contributed by atoms with Gasteiger partial charge in [0.15, 0.2) is 0 Å². The van der Waals surface area contributed by atoms with E-state index in [-0.39, 0.29) is 76.2 Å². The van der Waals surface area contributed by atoms with Gasteiger partial charge in [-0.15, -0.1) is 24.8 Å². The third-order valence-corrected chi connectivity index (χ3v) is 17.3. The summed E-state index contributed by atoms with van der Waals surface area (Å²) in [6.45, 7) is 22.2. The van der Waals surface area contributed by atoms with Crippen molar-refractivity contribution < 1.29 is 60.0 Å². The minimum absolute atomic E-state index is 0. The monoisotopic (exact) mass is 1270 g/mol. The van der Waals surface area contributed by atoms with Crippen LogP contribution in [0.4, 0.5) is 0 Å². The van der Waals surface area contributed by atoms with Gasteiger partial charge in [0.25, 0.3) is 0 Å². The number of nitrogens with zero attached hydrogens (tertiary/aromatic N) is 4. The molecule has 4 atom stereocenters. The topological polar surface area (TPSA) is 345 Å². The second kappa shape index (κ2) is 27.7. The van der Waals surface area contributed by atoms with Gasteiger partial charge in [-0.2, -0.15) is 0 Å². The van der Waals surface area contributed by atoms with Crippen molar-refractivity contribution in [2.75, 3.05) is 0 Å². The van der Waals surface area contributed by atoms with Crippen molar-refractivity contribution in [3.63, 3.8) is 0 Å². The molecule has 10 heterocycles. The number of aromatic nitrogens is 8. The summed E-state index contributed by atoms with van der Waals surface area (Å²) in [5.74, 6) is -3.65. The number of rotatable bonds is 16. The number of aliphatic carboxylic acids is 4. The predicted octanol–water partition coefficient (Wildman–Crippen LogP) is 13.1. The van der Waals surface area contributed by atoms with Crippen molar-refractivity contribution >= 4 is 137 Å². The first-order valence-corrected chi connectivity index (χ1v) is 29.4. The number of carboxylic acids is 4. The van der Waals surface area contributed by atoms with Gasteiger partial charge < -0.3 is 60.8 Å². The van der Waals surface area contributed by atoms with Crippen LogP contribution in [0.1, 0.15) is 196 Å². The van der Waals surface area contributed by atoms with Crippen molar-refractivity contribution in [3.05, 3.63) is 139 Å². The van der Waals surface area contributed by atoms with Crippen molar-refractivity contribution in [2.45, 2.75) is 159 Å². The third-order valence-electron chi connectivity index (χ3n) is 17.3. The highest BCUT2D eigenvalue weighted by Gasteiger charge is 2.27. The van der Waals surface area contributed by atoms with Gasteiger partial charge in [0.05, 0.1) is 70.0 Å². The molecule has 16 bridgehead atoms. The van der Waals surface area contributed by atoms with Gasteiger partial charge in [-0.3, -0.25) is 19.2 Å². The summed E-state index contributed by atoms with van der Waals surface area (Å²) >= 11 is 0. The molecule has 0 fully saturated rings. The lowest BCUT2D eigenvalue weighted by Crippen LogP contribution is -2.02. The number of halogens is 2. The van der Waals surface area contributed by atoms with Crippen LogP contribution in [0.5, 0.6) is 0 Å². The Kier molecular flexibility index (Phi) is 21.2. The minimum atomic E-state index is -0.917. The van der Waals surface area contributed by atoms with Crippen LogP contribution in [-0.4, -0.2) is 117 Å². The van der Waals surface area contributed by atoms with Crippen LogP contribution in [0.25, 0.3) is 88.7 Å². The van der Waals surface area contributed by atoms with Crippen LogP contribution in [0, 0.1) is 27.7 Å². The van der Waals surface area contributed by atoms with Crippen LogP contribution < -0.4 is 0 Å². The van der Waals surface area contributed by atoms with E-state index in [9.17, 15) is 60.0 Å². The number of nitrogens with one attached hydrogen (secondary N) is 4. The normalized spacial score (nSPS) is 14.4. The van der Waals surface area contributed by atoms with Crippen LogP contribution in [0.3, 0.4) is 0 Å². The van der Waals surface area contributed by atoms with Gasteiger partial charge in [-0.25, -0.2) is 19.9 Å². The van der Waals surface area contributed by atoms with E-state index >= 15 is 0 Å². The summed E-state index contributed by atoms with van der Waals surface area (Å²) in [6.07, 6.45) is -2.31. The van der Waals surface area contributed by atoms with Crippen LogP contribution in [-0.2, 0) is 32.0 Å². The fraction of sp³-hybridized carbons (Fsp3) is 0.353. The van der Waals surface area contributed by atoms with E-state index in [1.165, 1.54) is 0 Å². The molecule has 0 aliphatic carbocycles. The molecule has 4 unspecified atom stereocenters. The molecule has 476 valence electrons.